The maximum atomic E-state index is 11.9. The summed E-state index contributed by atoms with van der Waals surface area (Å²) in [6.45, 7) is 9.56. The van der Waals surface area contributed by atoms with E-state index in [1.807, 2.05) is 20.8 Å². The van der Waals surface area contributed by atoms with Crippen molar-refractivity contribution in [1.82, 2.24) is 0 Å². The van der Waals surface area contributed by atoms with Crippen molar-refractivity contribution in [3.05, 3.63) is 0 Å². The van der Waals surface area contributed by atoms with Crippen molar-refractivity contribution in [2.45, 2.75) is 72.0 Å². The molecule has 4 unspecified atom stereocenters. The fraction of sp³-hybridized carbons (Fsp3) is 0.933. The summed E-state index contributed by atoms with van der Waals surface area (Å²) in [5, 5.41) is 10.3. The SMILES string of the molecule is CC1CCCC(C(O)C(C)C(=O)OC(C)(C)C)C1. The number of rotatable bonds is 3. The van der Waals surface area contributed by atoms with Crippen molar-refractivity contribution in [2.75, 3.05) is 0 Å². The third-order valence-corrected chi connectivity index (χ3v) is 3.75. The smallest absolute Gasteiger partial charge is 0.311 e. The van der Waals surface area contributed by atoms with E-state index in [0.717, 1.165) is 19.3 Å². The molecule has 0 amide bonds. The highest BCUT2D eigenvalue weighted by Gasteiger charge is 2.34. The van der Waals surface area contributed by atoms with Crippen molar-refractivity contribution in [3.8, 4) is 0 Å². The number of esters is 1. The number of aliphatic hydroxyl groups is 1. The van der Waals surface area contributed by atoms with E-state index in [4.69, 9.17) is 4.74 Å². The third-order valence-electron chi connectivity index (χ3n) is 3.75. The molecule has 1 saturated carbocycles. The molecule has 1 aliphatic rings. The van der Waals surface area contributed by atoms with E-state index in [2.05, 4.69) is 6.92 Å². The predicted octanol–water partition coefficient (Wildman–Crippen LogP) is 3.15. The maximum Gasteiger partial charge on any atom is 0.311 e. The van der Waals surface area contributed by atoms with Crippen LogP contribution in [0.4, 0.5) is 0 Å². The van der Waals surface area contributed by atoms with Crippen LogP contribution in [-0.2, 0) is 9.53 Å². The Hall–Kier alpha value is -0.570. The highest BCUT2D eigenvalue weighted by atomic mass is 16.6. The first-order valence-electron chi connectivity index (χ1n) is 7.11. The van der Waals surface area contributed by atoms with Gasteiger partial charge in [-0.2, -0.15) is 0 Å². The van der Waals surface area contributed by atoms with Gasteiger partial charge in [-0.3, -0.25) is 4.79 Å². The maximum absolute atomic E-state index is 11.9. The van der Waals surface area contributed by atoms with Crippen molar-refractivity contribution < 1.29 is 14.6 Å². The molecule has 1 rings (SSSR count). The van der Waals surface area contributed by atoms with Crippen molar-refractivity contribution >= 4 is 5.97 Å². The van der Waals surface area contributed by atoms with Gasteiger partial charge >= 0.3 is 5.97 Å². The second kappa shape index (κ2) is 6.05. The lowest BCUT2D eigenvalue weighted by Crippen LogP contribution is -2.38. The first-order valence-corrected chi connectivity index (χ1v) is 7.11. The Morgan fingerprint density at radius 1 is 1.33 bits per heavy atom. The molecular formula is C15H28O3. The van der Waals surface area contributed by atoms with Gasteiger partial charge in [0, 0.05) is 0 Å². The minimum atomic E-state index is -0.567. The standard InChI is InChI=1S/C15H28O3/c1-10-7-6-8-12(9-10)13(16)11(2)14(17)18-15(3,4)5/h10-13,16H,6-9H2,1-5H3. The largest absolute Gasteiger partial charge is 0.460 e. The molecule has 3 nitrogen and oxygen atoms in total. The average molecular weight is 256 g/mol. The third kappa shape index (κ3) is 4.60. The van der Waals surface area contributed by atoms with Gasteiger partial charge < -0.3 is 9.84 Å². The number of carbonyl (C=O) groups is 1. The molecule has 0 radical (unpaired) electrons. The monoisotopic (exact) mass is 256 g/mol. The average Bonchev–Trinajstić information content (AvgIpc) is 2.24. The normalized spacial score (nSPS) is 28.6. The quantitative estimate of drug-likeness (QED) is 0.789. The van der Waals surface area contributed by atoms with Crippen LogP contribution in [0.1, 0.15) is 60.3 Å². The van der Waals surface area contributed by atoms with Crippen LogP contribution >= 0.6 is 0 Å². The zero-order valence-corrected chi connectivity index (χ0v) is 12.4. The molecule has 1 fully saturated rings. The molecule has 1 aliphatic carbocycles. The Morgan fingerprint density at radius 3 is 2.44 bits per heavy atom. The molecule has 18 heavy (non-hydrogen) atoms. The summed E-state index contributed by atoms with van der Waals surface area (Å²) >= 11 is 0. The van der Waals surface area contributed by atoms with Crippen molar-refractivity contribution in [3.63, 3.8) is 0 Å². The van der Waals surface area contributed by atoms with Gasteiger partial charge in [-0.05, 0) is 52.4 Å². The Balaban J connectivity index is 2.54. The highest BCUT2D eigenvalue weighted by molar-refractivity contribution is 5.73. The summed E-state index contributed by atoms with van der Waals surface area (Å²) in [5.41, 5.74) is -0.481. The molecule has 106 valence electrons. The Labute approximate surface area is 111 Å². The van der Waals surface area contributed by atoms with Crippen LogP contribution in [-0.4, -0.2) is 22.8 Å². The molecule has 3 heteroatoms. The van der Waals surface area contributed by atoms with E-state index in [9.17, 15) is 9.90 Å². The molecule has 0 heterocycles. The molecule has 0 spiro atoms. The molecular weight excluding hydrogens is 228 g/mol. The fourth-order valence-electron chi connectivity index (χ4n) is 2.73. The summed E-state index contributed by atoms with van der Waals surface area (Å²) in [7, 11) is 0. The van der Waals surface area contributed by atoms with Crippen LogP contribution in [0.2, 0.25) is 0 Å². The second-order valence-electron chi connectivity index (χ2n) is 6.84. The molecule has 0 bridgehead atoms. The van der Waals surface area contributed by atoms with Gasteiger partial charge in [-0.15, -0.1) is 0 Å². The topological polar surface area (TPSA) is 46.5 Å². The lowest BCUT2D eigenvalue weighted by molar-refractivity contribution is -0.165. The Bertz CT molecular complexity index is 280. The number of hydrogen-bond acceptors (Lipinski definition) is 3. The van der Waals surface area contributed by atoms with Crippen LogP contribution in [0.15, 0.2) is 0 Å². The van der Waals surface area contributed by atoms with E-state index < -0.39 is 17.6 Å². The Kier molecular flexibility index (Phi) is 5.20. The van der Waals surface area contributed by atoms with Crippen molar-refractivity contribution in [2.24, 2.45) is 17.8 Å². The van der Waals surface area contributed by atoms with Gasteiger partial charge in [0.1, 0.15) is 5.60 Å². The molecule has 0 aliphatic heterocycles. The minimum absolute atomic E-state index is 0.247. The number of aliphatic hydroxyl groups excluding tert-OH is 1. The highest BCUT2D eigenvalue weighted by Crippen LogP contribution is 2.33. The number of hydrogen-bond donors (Lipinski definition) is 1. The zero-order chi connectivity index (χ0) is 13.9. The molecule has 0 aromatic heterocycles. The summed E-state index contributed by atoms with van der Waals surface area (Å²) in [4.78, 5) is 11.9. The van der Waals surface area contributed by atoms with Gasteiger partial charge in [0.2, 0.25) is 0 Å². The van der Waals surface area contributed by atoms with Gasteiger partial charge in [0.25, 0.3) is 0 Å². The predicted molar refractivity (Wildman–Crippen MR) is 72.1 cm³/mol. The first kappa shape index (κ1) is 15.5. The molecule has 0 aromatic rings. The van der Waals surface area contributed by atoms with E-state index in [1.165, 1.54) is 6.42 Å². The summed E-state index contributed by atoms with van der Waals surface area (Å²) in [5.74, 6) is 0.188. The number of ether oxygens (including phenoxy) is 1. The lowest BCUT2D eigenvalue weighted by atomic mass is 9.76. The van der Waals surface area contributed by atoms with E-state index >= 15 is 0 Å². The van der Waals surface area contributed by atoms with Crippen LogP contribution in [0, 0.1) is 17.8 Å². The summed E-state index contributed by atoms with van der Waals surface area (Å²) < 4.78 is 5.34. The van der Waals surface area contributed by atoms with E-state index in [-0.39, 0.29) is 11.9 Å². The van der Waals surface area contributed by atoms with Gasteiger partial charge in [-0.1, -0.05) is 19.8 Å². The van der Waals surface area contributed by atoms with Crippen LogP contribution in [0.25, 0.3) is 0 Å². The summed E-state index contributed by atoms with van der Waals surface area (Å²) in [6, 6.07) is 0. The van der Waals surface area contributed by atoms with E-state index in [0.29, 0.717) is 5.92 Å². The lowest BCUT2D eigenvalue weighted by Gasteiger charge is -2.33. The molecule has 1 N–H and O–H groups in total. The zero-order valence-electron chi connectivity index (χ0n) is 12.4. The summed E-state index contributed by atoms with van der Waals surface area (Å²) in [6.07, 6.45) is 3.88. The van der Waals surface area contributed by atoms with Gasteiger partial charge in [0.05, 0.1) is 12.0 Å². The van der Waals surface area contributed by atoms with Crippen LogP contribution in [0.5, 0.6) is 0 Å². The first-order chi connectivity index (χ1) is 8.20. The second-order valence-corrected chi connectivity index (χ2v) is 6.84. The Morgan fingerprint density at radius 2 is 1.94 bits per heavy atom. The minimum Gasteiger partial charge on any atom is -0.460 e. The number of carbonyl (C=O) groups excluding carboxylic acids is 1. The fourth-order valence-corrected chi connectivity index (χ4v) is 2.73. The van der Waals surface area contributed by atoms with E-state index in [1.54, 1.807) is 6.92 Å². The molecule has 4 atom stereocenters. The van der Waals surface area contributed by atoms with Gasteiger partial charge in [-0.25, -0.2) is 0 Å². The van der Waals surface area contributed by atoms with Crippen LogP contribution < -0.4 is 0 Å². The van der Waals surface area contributed by atoms with Crippen molar-refractivity contribution in [1.29, 1.82) is 0 Å². The molecule has 0 saturated heterocycles. The molecule has 0 aromatic carbocycles. The van der Waals surface area contributed by atoms with Crippen LogP contribution in [0.3, 0.4) is 0 Å². The van der Waals surface area contributed by atoms with Gasteiger partial charge in [0.15, 0.2) is 0 Å².